The molecule has 1 amide bonds. The van der Waals surface area contributed by atoms with Gasteiger partial charge in [-0.05, 0) is 12.8 Å². The van der Waals surface area contributed by atoms with Crippen LogP contribution in [-0.2, 0) is 14.3 Å². The van der Waals surface area contributed by atoms with Gasteiger partial charge in [0.2, 0.25) is 5.91 Å². The highest BCUT2D eigenvalue weighted by Crippen LogP contribution is 2.51. The Balaban J connectivity index is 1.52. The number of hydrogen-bond acceptors (Lipinski definition) is 4. The first-order chi connectivity index (χ1) is 9.59. The fraction of sp³-hybridized carbons (Fsp3) is 0.933. The van der Waals surface area contributed by atoms with Crippen molar-refractivity contribution in [3.63, 3.8) is 0 Å². The molecule has 2 heterocycles. The molecule has 0 bridgehead atoms. The van der Waals surface area contributed by atoms with Crippen LogP contribution in [0.4, 0.5) is 0 Å². The third kappa shape index (κ3) is 2.59. The average Bonchev–Trinajstić information content (AvgIpc) is 2.46. The minimum absolute atomic E-state index is 0.0528. The predicted octanol–water partition coefficient (Wildman–Crippen LogP) is 0.685. The molecule has 0 aromatic rings. The number of morpholine rings is 1. The van der Waals surface area contributed by atoms with E-state index in [1.807, 2.05) is 0 Å². The zero-order chi connectivity index (χ0) is 14.2. The minimum Gasteiger partial charge on any atom is -0.378 e. The number of fused-ring (bicyclic) bond motifs is 1. The van der Waals surface area contributed by atoms with Gasteiger partial charge in [0.25, 0.3) is 0 Å². The number of hydrogen-bond donors (Lipinski definition) is 2. The third-order valence-electron chi connectivity index (χ3n) is 5.08. The second kappa shape index (κ2) is 5.62. The summed E-state index contributed by atoms with van der Waals surface area (Å²) in [6.07, 6.45) is 3.11. The summed E-state index contributed by atoms with van der Waals surface area (Å²) in [6, 6.07) is 0.412. The van der Waals surface area contributed by atoms with Crippen LogP contribution in [0, 0.1) is 11.3 Å². The molecule has 1 aliphatic carbocycles. The second-order valence-corrected chi connectivity index (χ2v) is 6.89. The molecule has 2 aliphatic heterocycles. The van der Waals surface area contributed by atoms with Crippen LogP contribution in [0.5, 0.6) is 0 Å². The van der Waals surface area contributed by atoms with E-state index in [4.69, 9.17) is 9.47 Å². The molecule has 20 heavy (non-hydrogen) atoms. The molecule has 0 radical (unpaired) electrons. The highest BCUT2D eigenvalue weighted by atomic mass is 16.5. The molecule has 2 N–H and O–H groups in total. The summed E-state index contributed by atoms with van der Waals surface area (Å²) >= 11 is 0. The Morgan fingerprint density at radius 2 is 2.25 bits per heavy atom. The van der Waals surface area contributed by atoms with Crippen molar-refractivity contribution in [1.82, 2.24) is 10.6 Å². The highest BCUT2D eigenvalue weighted by Gasteiger charge is 2.58. The van der Waals surface area contributed by atoms with E-state index < -0.39 is 0 Å². The molecule has 114 valence electrons. The normalized spacial score (nSPS) is 39.5. The Kier molecular flexibility index (Phi) is 4.02. The molecule has 3 fully saturated rings. The quantitative estimate of drug-likeness (QED) is 0.799. The van der Waals surface area contributed by atoms with Crippen molar-refractivity contribution in [2.45, 2.75) is 51.3 Å². The smallest absolute Gasteiger partial charge is 0.221 e. The molecule has 4 unspecified atom stereocenters. The van der Waals surface area contributed by atoms with E-state index in [1.54, 1.807) is 0 Å². The lowest BCUT2D eigenvalue weighted by molar-refractivity contribution is -0.194. The molecule has 0 spiro atoms. The SMILES string of the molecule is CC1(C)C(NC(=O)CC2COCCN2)C2CCCOC21. The fourth-order valence-electron chi connectivity index (χ4n) is 4.02. The summed E-state index contributed by atoms with van der Waals surface area (Å²) < 4.78 is 11.3. The monoisotopic (exact) mass is 282 g/mol. The van der Waals surface area contributed by atoms with Gasteiger partial charge in [-0.15, -0.1) is 0 Å². The first-order valence-electron chi connectivity index (χ1n) is 7.81. The third-order valence-corrected chi connectivity index (χ3v) is 5.08. The molecular weight excluding hydrogens is 256 g/mol. The van der Waals surface area contributed by atoms with Crippen molar-refractivity contribution in [1.29, 1.82) is 0 Å². The molecule has 5 nitrogen and oxygen atoms in total. The van der Waals surface area contributed by atoms with Gasteiger partial charge in [-0.3, -0.25) is 4.79 Å². The number of rotatable bonds is 3. The number of carbonyl (C=O) groups excluding carboxylic acids is 1. The zero-order valence-corrected chi connectivity index (χ0v) is 12.5. The van der Waals surface area contributed by atoms with Gasteiger partial charge in [0.15, 0.2) is 0 Å². The van der Waals surface area contributed by atoms with Crippen molar-refractivity contribution in [3.05, 3.63) is 0 Å². The maximum absolute atomic E-state index is 12.2. The van der Waals surface area contributed by atoms with Crippen LogP contribution in [0.1, 0.15) is 33.1 Å². The second-order valence-electron chi connectivity index (χ2n) is 6.89. The molecule has 2 saturated heterocycles. The molecule has 4 atom stereocenters. The van der Waals surface area contributed by atoms with E-state index in [0.29, 0.717) is 25.0 Å². The van der Waals surface area contributed by atoms with Gasteiger partial charge in [0, 0.05) is 43.0 Å². The number of ether oxygens (including phenoxy) is 2. The Bertz CT molecular complexity index is 366. The topological polar surface area (TPSA) is 59.6 Å². The van der Waals surface area contributed by atoms with E-state index in [0.717, 1.165) is 26.2 Å². The van der Waals surface area contributed by atoms with E-state index in [1.165, 1.54) is 6.42 Å². The van der Waals surface area contributed by atoms with Crippen LogP contribution in [0.15, 0.2) is 0 Å². The van der Waals surface area contributed by atoms with Gasteiger partial charge >= 0.3 is 0 Å². The number of carbonyl (C=O) groups is 1. The van der Waals surface area contributed by atoms with Crippen LogP contribution in [-0.4, -0.2) is 50.5 Å². The fourth-order valence-corrected chi connectivity index (χ4v) is 4.02. The number of amides is 1. The lowest BCUT2D eigenvalue weighted by Gasteiger charge is -2.59. The van der Waals surface area contributed by atoms with Gasteiger partial charge < -0.3 is 20.1 Å². The number of nitrogens with one attached hydrogen (secondary N) is 2. The first-order valence-corrected chi connectivity index (χ1v) is 7.81. The van der Waals surface area contributed by atoms with Crippen molar-refractivity contribution < 1.29 is 14.3 Å². The summed E-state index contributed by atoms with van der Waals surface area (Å²) in [5.41, 5.74) is 0.0528. The van der Waals surface area contributed by atoms with Gasteiger partial charge in [-0.1, -0.05) is 13.8 Å². The van der Waals surface area contributed by atoms with Crippen LogP contribution in [0.25, 0.3) is 0 Å². The van der Waals surface area contributed by atoms with Crippen molar-refractivity contribution in [2.24, 2.45) is 11.3 Å². The summed E-state index contributed by atoms with van der Waals surface area (Å²) in [5.74, 6) is 0.633. The zero-order valence-electron chi connectivity index (χ0n) is 12.5. The van der Waals surface area contributed by atoms with Crippen molar-refractivity contribution in [2.75, 3.05) is 26.4 Å². The standard InChI is InChI=1S/C15H26N2O3/c1-15(2)13(11-4-3-6-20-14(11)15)17-12(18)8-10-9-19-7-5-16-10/h10-11,13-14,16H,3-9H2,1-2H3,(H,17,18). The van der Waals surface area contributed by atoms with Gasteiger partial charge in [-0.2, -0.15) is 0 Å². The largest absolute Gasteiger partial charge is 0.378 e. The van der Waals surface area contributed by atoms with E-state index in [9.17, 15) is 4.79 Å². The first kappa shape index (κ1) is 14.3. The Labute approximate surface area is 120 Å². The maximum Gasteiger partial charge on any atom is 0.221 e. The Morgan fingerprint density at radius 3 is 3.00 bits per heavy atom. The molecule has 1 saturated carbocycles. The van der Waals surface area contributed by atoms with Crippen LogP contribution < -0.4 is 10.6 Å². The highest BCUT2D eigenvalue weighted by molar-refractivity contribution is 5.77. The average molecular weight is 282 g/mol. The van der Waals surface area contributed by atoms with Crippen molar-refractivity contribution >= 4 is 5.91 Å². The summed E-state index contributed by atoms with van der Waals surface area (Å²) in [7, 11) is 0. The summed E-state index contributed by atoms with van der Waals surface area (Å²) in [6.45, 7) is 7.49. The lowest BCUT2D eigenvalue weighted by Crippen LogP contribution is -2.70. The van der Waals surface area contributed by atoms with Gasteiger partial charge in [0.1, 0.15) is 0 Å². The lowest BCUT2D eigenvalue weighted by atomic mass is 9.55. The molecule has 0 aromatic heterocycles. The van der Waals surface area contributed by atoms with E-state index in [2.05, 4.69) is 24.5 Å². The summed E-state index contributed by atoms with van der Waals surface area (Å²) in [4.78, 5) is 12.2. The summed E-state index contributed by atoms with van der Waals surface area (Å²) in [5, 5.41) is 6.56. The van der Waals surface area contributed by atoms with Crippen molar-refractivity contribution in [3.8, 4) is 0 Å². The van der Waals surface area contributed by atoms with E-state index >= 15 is 0 Å². The maximum atomic E-state index is 12.2. The van der Waals surface area contributed by atoms with Gasteiger partial charge in [0.05, 0.1) is 19.3 Å². The molecule has 3 rings (SSSR count). The minimum atomic E-state index is 0.0528. The van der Waals surface area contributed by atoms with Crippen LogP contribution in [0.3, 0.4) is 0 Å². The molecular formula is C15H26N2O3. The molecule has 3 aliphatic rings. The van der Waals surface area contributed by atoms with Gasteiger partial charge in [-0.25, -0.2) is 0 Å². The Morgan fingerprint density at radius 1 is 1.40 bits per heavy atom. The molecule has 0 aromatic carbocycles. The predicted molar refractivity (Wildman–Crippen MR) is 75.4 cm³/mol. The molecule has 5 heteroatoms. The van der Waals surface area contributed by atoms with E-state index in [-0.39, 0.29) is 23.4 Å². The van der Waals surface area contributed by atoms with Crippen LogP contribution in [0.2, 0.25) is 0 Å². The Hall–Kier alpha value is -0.650. The van der Waals surface area contributed by atoms with Crippen LogP contribution >= 0.6 is 0 Å².